The molecule has 5 nitrogen and oxygen atoms in total. The summed E-state index contributed by atoms with van der Waals surface area (Å²) in [5.41, 5.74) is 3.16. The largest absolute Gasteiger partial charge is 0.493 e. The number of ether oxygens (including phenoxy) is 2. The average molecular weight is 380 g/mol. The van der Waals surface area contributed by atoms with Gasteiger partial charge in [-0.15, -0.1) is 0 Å². The highest BCUT2D eigenvalue weighted by Crippen LogP contribution is 2.31. The number of nitrogens with one attached hydrogen (secondary N) is 2. The zero-order valence-electron chi connectivity index (χ0n) is 15.7. The van der Waals surface area contributed by atoms with Crippen molar-refractivity contribution in [2.24, 2.45) is 0 Å². The van der Waals surface area contributed by atoms with Crippen molar-refractivity contribution < 1.29 is 18.7 Å². The van der Waals surface area contributed by atoms with Gasteiger partial charge in [-0.25, -0.2) is 4.39 Å². The lowest BCUT2D eigenvalue weighted by Gasteiger charge is -2.12. The molecular formula is C22H21FN2O3. The number of amides is 1. The first-order chi connectivity index (χ1) is 13.6. The summed E-state index contributed by atoms with van der Waals surface area (Å²) in [5.74, 6) is 0.818. The van der Waals surface area contributed by atoms with Gasteiger partial charge < -0.3 is 20.1 Å². The van der Waals surface area contributed by atoms with E-state index in [2.05, 4.69) is 10.6 Å². The van der Waals surface area contributed by atoms with E-state index in [9.17, 15) is 9.18 Å². The molecule has 144 valence electrons. The molecule has 1 amide bonds. The van der Waals surface area contributed by atoms with Gasteiger partial charge in [-0.05, 0) is 54.1 Å². The van der Waals surface area contributed by atoms with E-state index in [4.69, 9.17) is 9.47 Å². The molecule has 0 fully saturated rings. The first kappa shape index (κ1) is 19.2. The fourth-order valence-electron chi connectivity index (χ4n) is 2.71. The molecule has 0 aliphatic carbocycles. The lowest BCUT2D eigenvalue weighted by Crippen LogP contribution is -2.14. The standard InChI is InChI=1S/C22H21FN2O3/c1-27-20-12-11-19(14-21(20)28-2)24-17-7-9-18(10-8-17)25-22(26)13-15-3-5-16(23)6-4-15/h3-12,14,24H,13H2,1-2H3,(H,25,26). The zero-order valence-corrected chi connectivity index (χ0v) is 15.7. The van der Waals surface area contributed by atoms with Crippen molar-refractivity contribution in [3.63, 3.8) is 0 Å². The number of hydrogen-bond acceptors (Lipinski definition) is 4. The van der Waals surface area contributed by atoms with Gasteiger partial charge in [0.2, 0.25) is 5.91 Å². The molecule has 28 heavy (non-hydrogen) atoms. The Hall–Kier alpha value is -3.54. The van der Waals surface area contributed by atoms with Crippen LogP contribution >= 0.6 is 0 Å². The van der Waals surface area contributed by atoms with Gasteiger partial charge in [-0.2, -0.15) is 0 Å². The lowest BCUT2D eigenvalue weighted by molar-refractivity contribution is -0.115. The van der Waals surface area contributed by atoms with Crippen molar-refractivity contribution in [3.05, 3.63) is 78.1 Å². The molecule has 0 aliphatic heterocycles. The van der Waals surface area contributed by atoms with E-state index >= 15 is 0 Å². The number of halogens is 1. The molecule has 6 heteroatoms. The predicted octanol–water partition coefficient (Wildman–Crippen LogP) is 4.77. The fraction of sp³-hybridized carbons (Fsp3) is 0.136. The van der Waals surface area contributed by atoms with Crippen molar-refractivity contribution in [1.82, 2.24) is 0 Å². The second kappa shape index (κ2) is 8.90. The molecule has 0 radical (unpaired) electrons. The molecule has 0 saturated carbocycles. The summed E-state index contributed by atoms with van der Waals surface area (Å²) < 4.78 is 23.5. The number of methoxy groups -OCH3 is 2. The highest BCUT2D eigenvalue weighted by molar-refractivity contribution is 5.92. The molecular weight excluding hydrogens is 359 g/mol. The van der Waals surface area contributed by atoms with Crippen LogP contribution in [0.1, 0.15) is 5.56 Å². The Balaban J connectivity index is 1.60. The molecule has 0 unspecified atom stereocenters. The Morgan fingerprint density at radius 1 is 0.821 bits per heavy atom. The smallest absolute Gasteiger partial charge is 0.228 e. The van der Waals surface area contributed by atoms with Crippen LogP contribution < -0.4 is 20.1 Å². The fourth-order valence-corrected chi connectivity index (χ4v) is 2.71. The first-order valence-electron chi connectivity index (χ1n) is 8.71. The minimum Gasteiger partial charge on any atom is -0.493 e. The quantitative estimate of drug-likeness (QED) is 0.620. The van der Waals surface area contributed by atoms with E-state index in [0.29, 0.717) is 17.2 Å². The molecule has 3 aromatic carbocycles. The average Bonchev–Trinajstić information content (AvgIpc) is 2.71. The van der Waals surface area contributed by atoms with Crippen LogP contribution in [0.25, 0.3) is 0 Å². The third-order valence-corrected chi connectivity index (χ3v) is 4.12. The van der Waals surface area contributed by atoms with Crippen LogP contribution in [-0.4, -0.2) is 20.1 Å². The summed E-state index contributed by atoms with van der Waals surface area (Å²) in [7, 11) is 3.18. The molecule has 0 aromatic heterocycles. The minimum absolute atomic E-state index is 0.160. The van der Waals surface area contributed by atoms with E-state index in [1.54, 1.807) is 26.4 Å². The molecule has 0 atom stereocenters. The summed E-state index contributed by atoms with van der Waals surface area (Å²) in [5, 5.41) is 6.10. The predicted molar refractivity (Wildman–Crippen MR) is 108 cm³/mol. The summed E-state index contributed by atoms with van der Waals surface area (Å²) in [4.78, 5) is 12.1. The second-order valence-corrected chi connectivity index (χ2v) is 6.12. The van der Waals surface area contributed by atoms with Crippen LogP contribution in [-0.2, 0) is 11.2 Å². The van der Waals surface area contributed by atoms with E-state index < -0.39 is 0 Å². The lowest BCUT2D eigenvalue weighted by atomic mass is 10.1. The van der Waals surface area contributed by atoms with Crippen molar-refractivity contribution in [2.45, 2.75) is 6.42 Å². The third-order valence-electron chi connectivity index (χ3n) is 4.12. The number of hydrogen-bond donors (Lipinski definition) is 2. The molecule has 0 saturated heterocycles. The van der Waals surface area contributed by atoms with Crippen LogP contribution in [0, 0.1) is 5.82 Å². The Labute approximate surface area is 163 Å². The SMILES string of the molecule is COc1ccc(Nc2ccc(NC(=O)Cc3ccc(F)cc3)cc2)cc1OC. The summed E-state index contributed by atoms with van der Waals surface area (Å²) in [6.45, 7) is 0. The normalized spacial score (nSPS) is 10.2. The Kier molecular flexibility index (Phi) is 6.11. The van der Waals surface area contributed by atoms with Gasteiger partial charge in [0.15, 0.2) is 11.5 Å². The topological polar surface area (TPSA) is 59.6 Å². The third kappa shape index (κ3) is 5.01. The minimum atomic E-state index is -0.318. The first-order valence-corrected chi connectivity index (χ1v) is 8.71. The van der Waals surface area contributed by atoms with E-state index in [-0.39, 0.29) is 18.1 Å². The van der Waals surface area contributed by atoms with E-state index in [0.717, 1.165) is 16.9 Å². The Morgan fingerprint density at radius 2 is 1.43 bits per heavy atom. The van der Waals surface area contributed by atoms with Crippen molar-refractivity contribution >= 4 is 23.0 Å². The number of rotatable bonds is 7. The second-order valence-electron chi connectivity index (χ2n) is 6.12. The highest BCUT2D eigenvalue weighted by Gasteiger charge is 2.06. The van der Waals surface area contributed by atoms with Gasteiger partial charge in [-0.3, -0.25) is 4.79 Å². The summed E-state index contributed by atoms with van der Waals surface area (Å²) in [6, 6.07) is 18.8. The molecule has 2 N–H and O–H groups in total. The van der Waals surface area contributed by atoms with Gasteiger partial charge >= 0.3 is 0 Å². The molecule has 0 spiro atoms. The van der Waals surface area contributed by atoms with Crippen molar-refractivity contribution in [2.75, 3.05) is 24.9 Å². The van der Waals surface area contributed by atoms with Crippen LogP contribution in [0.15, 0.2) is 66.7 Å². The molecule has 0 aliphatic rings. The van der Waals surface area contributed by atoms with Crippen LogP contribution in [0.2, 0.25) is 0 Å². The van der Waals surface area contributed by atoms with Gasteiger partial charge in [-0.1, -0.05) is 12.1 Å². The number of carbonyl (C=O) groups is 1. The maximum absolute atomic E-state index is 12.9. The number of anilines is 3. The summed E-state index contributed by atoms with van der Waals surface area (Å²) in [6.07, 6.45) is 0.186. The molecule has 3 rings (SSSR count). The number of benzene rings is 3. The Bertz CT molecular complexity index is 941. The van der Waals surface area contributed by atoms with Crippen LogP contribution in [0.5, 0.6) is 11.5 Å². The molecule has 0 bridgehead atoms. The Morgan fingerprint density at radius 3 is 2.07 bits per heavy atom. The van der Waals surface area contributed by atoms with Gasteiger partial charge in [0.1, 0.15) is 5.82 Å². The maximum atomic E-state index is 12.9. The zero-order chi connectivity index (χ0) is 19.9. The van der Waals surface area contributed by atoms with Crippen LogP contribution in [0.4, 0.5) is 21.5 Å². The van der Waals surface area contributed by atoms with Crippen molar-refractivity contribution in [1.29, 1.82) is 0 Å². The molecule has 3 aromatic rings. The van der Waals surface area contributed by atoms with E-state index in [1.807, 2.05) is 42.5 Å². The summed E-state index contributed by atoms with van der Waals surface area (Å²) >= 11 is 0. The number of carbonyl (C=O) groups excluding carboxylic acids is 1. The van der Waals surface area contributed by atoms with E-state index in [1.165, 1.54) is 12.1 Å². The van der Waals surface area contributed by atoms with Gasteiger partial charge in [0.25, 0.3) is 0 Å². The monoisotopic (exact) mass is 380 g/mol. The highest BCUT2D eigenvalue weighted by atomic mass is 19.1. The van der Waals surface area contributed by atoms with Gasteiger partial charge in [0, 0.05) is 23.1 Å². The van der Waals surface area contributed by atoms with Gasteiger partial charge in [0.05, 0.1) is 20.6 Å². The maximum Gasteiger partial charge on any atom is 0.228 e. The molecule has 0 heterocycles. The van der Waals surface area contributed by atoms with Crippen molar-refractivity contribution in [3.8, 4) is 11.5 Å². The van der Waals surface area contributed by atoms with Crippen LogP contribution in [0.3, 0.4) is 0 Å².